The number of guanidine groups is 1. The molecule has 2 aromatic rings. The van der Waals surface area contributed by atoms with Gasteiger partial charge in [-0.05, 0) is 17.6 Å². The number of rotatable bonds is 1. The average Bonchev–Trinajstić information content (AvgIpc) is 2.93. The molecule has 0 atom stereocenters. The third-order valence-electron chi connectivity index (χ3n) is 2.56. The summed E-state index contributed by atoms with van der Waals surface area (Å²) in [4.78, 5) is 11.4. The number of anilines is 1. The number of nitrogens with one attached hydrogen (secondary N) is 3. The van der Waals surface area contributed by atoms with Crippen LogP contribution in [0.1, 0.15) is 0 Å². The summed E-state index contributed by atoms with van der Waals surface area (Å²) >= 11 is 0. The maximum atomic E-state index is 6.01. The monoisotopic (exact) mass is 211 g/mol. The Bertz CT molecular complexity index is 559. The van der Waals surface area contributed by atoms with E-state index in [1.54, 1.807) is 6.33 Å². The zero-order valence-electron chi connectivity index (χ0n) is 8.62. The van der Waals surface area contributed by atoms with Gasteiger partial charge < -0.3 is 15.6 Å². The number of aromatic nitrogens is 2. The van der Waals surface area contributed by atoms with Gasteiger partial charge >= 0.3 is 0 Å². The van der Waals surface area contributed by atoms with Crippen LogP contribution in [0, 0.1) is 0 Å². The number of hydrogen-bond acceptors (Lipinski definition) is 4. The summed E-state index contributed by atoms with van der Waals surface area (Å²) in [6, 6.07) is 3.86. The summed E-state index contributed by atoms with van der Waals surface area (Å²) in [6.07, 6.45) is 1.64. The van der Waals surface area contributed by atoms with Crippen molar-refractivity contribution in [3.63, 3.8) is 0 Å². The van der Waals surface area contributed by atoms with Gasteiger partial charge in [0.25, 0.3) is 0 Å². The van der Waals surface area contributed by atoms with Gasteiger partial charge in [0.15, 0.2) is 5.96 Å². The van der Waals surface area contributed by atoms with Crippen LogP contribution in [-0.4, -0.2) is 36.9 Å². The quantitative estimate of drug-likeness (QED) is 0.569. The minimum absolute atomic E-state index is 0.634. The first-order valence-corrected chi connectivity index (χ1v) is 5.11. The van der Waals surface area contributed by atoms with Crippen LogP contribution in [-0.2, 0) is 0 Å². The molecule has 0 unspecified atom stereocenters. The third-order valence-corrected chi connectivity index (χ3v) is 2.56. The first-order valence-electron chi connectivity index (χ1n) is 5.11. The van der Waals surface area contributed by atoms with Crippen LogP contribution in [0.3, 0.4) is 0 Å². The minimum atomic E-state index is 0.634. The van der Waals surface area contributed by atoms with E-state index >= 15 is 0 Å². The highest BCUT2D eigenvalue weighted by atomic mass is 15.2. The van der Waals surface area contributed by atoms with Crippen LogP contribution in [0.25, 0.3) is 11.0 Å². The molecule has 1 aliphatic heterocycles. The van der Waals surface area contributed by atoms with Crippen molar-refractivity contribution in [3.8, 4) is 0 Å². The van der Waals surface area contributed by atoms with Crippen molar-refractivity contribution in [1.29, 1.82) is 0 Å². The van der Waals surface area contributed by atoms with Crippen LogP contribution >= 0.6 is 0 Å². The Labute approximate surface area is 93.8 Å². The number of benzene rings is 1. The molecule has 0 aliphatic carbocycles. The standard InChI is InChI=1S/C10H10BN5/c11-8-6(16-10-12-3-4-13-10)1-2-7-9(8)15-5-14-7/h1-2,5H,3-4H2,(H,14,15)(H2,12,13,16). The van der Waals surface area contributed by atoms with Gasteiger partial charge in [-0.1, -0.05) is 0 Å². The van der Waals surface area contributed by atoms with E-state index in [0.717, 1.165) is 35.8 Å². The van der Waals surface area contributed by atoms with E-state index in [0.29, 0.717) is 5.46 Å². The van der Waals surface area contributed by atoms with Gasteiger partial charge in [-0.15, -0.1) is 0 Å². The predicted molar refractivity (Wildman–Crippen MR) is 65.4 cm³/mol. The first-order chi connectivity index (χ1) is 7.84. The third kappa shape index (κ3) is 1.43. The molecule has 1 aromatic carbocycles. The van der Waals surface area contributed by atoms with E-state index in [9.17, 15) is 0 Å². The molecule has 0 fully saturated rings. The minimum Gasteiger partial charge on any atom is -0.354 e. The van der Waals surface area contributed by atoms with Crippen molar-refractivity contribution in [2.24, 2.45) is 4.99 Å². The van der Waals surface area contributed by atoms with Crippen molar-refractivity contribution in [2.45, 2.75) is 0 Å². The Morgan fingerprint density at radius 1 is 1.38 bits per heavy atom. The van der Waals surface area contributed by atoms with Crippen LogP contribution in [0.4, 0.5) is 5.69 Å². The summed E-state index contributed by atoms with van der Waals surface area (Å²) in [6.45, 7) is 1.67. The molecule has 3 rings (SSSR count). The van der Waals surface area contributed by atoms with Crippen molar-refractivity contribution in [3.05, 3.63) is 18.5 Å². The Morgan fingerprint density at radius 2 is 2.31 bits per heavy atom. The SMILES string of the molecule is [B]c1c(NC2=NCCN2)ccc2[nH]cnc12. The number of imidazole rings is 1. The molecule has 1 aromatic heterocycles. The van der Waals surface area contributed by atoms with Crippen molar-refractivity contribution in [2.75, 3.05) is 18.4 Å². The van der Waals surface area contributed by atoms with Gasteiger partial charge in [-0.3, -0.25) is 4.99 Å². The highest BCUT2D eigenvalue weighted by Gasteiger charge is 2.09. The molecule has 1 aliphatic rings. The van der Waals surface area contributed by atoms with Gasteiger partial charge in [0, 0.05) is 12.2 Å². The molecular formula is C10H10BN5. The second kappa shape index (κ2) is 3.55. The number of fused-ring (bicyclic) bond motifs is 1. The fourth-order valence-corrected chi connectivity index (χ4v) is 1.75. The van der Waals surface area contributed by atoms with Gasteiger partial charge in [0.05, 0.1) is 23.9 Å². The van der Waals surface area contributed by atoms with Gasteiger partial charge in [-0.2, -0.15) is 0 Å². The maximum Gasteiger partial charge on any atom is 0.195 e. The van der Waals surface area contributed by atoms with Crippen LogP contribution in [0.2, 0.25) is 0 Å². The number of nitrogens with zero attached hydrogens (tertiary/aromatic N) is 2. The fraction of sp³-hybridized carbons (Fsp3) is 0.200. The molecule has 3 N–H and O–H groups in total. The molecule has 0 saturated carbocycles. The average molecular weight is 211 g/mol. The first kappa shape index (κ1) is 9.27. The normalized spacial score (nSPS) is 14.9. The van der Waals surface area contributed by atoms with E-state index in [1.807, 2.05) is 12.1 Å². The Balaban J connectivity index is 1.99. The summed E-state index contributed by atoms with van der Waals surface area (Å²) in [5.74, 6) is 0.765. The second-order valence-electron chi connectivity index (χ2n) is 3.61. The van der Waals surface area contributed by atoms with E-state index in [1.165, 1.54) is 0 Å². The summed E-state index contributed by atoms with van der Waals surface area (Å²) in [5, 5.41) is 6.28. The number of aromatic amines is 1. The molecule has 0 saturated heterocycles. The second-order valence-corrected chi connectivity index (χ2v) is 3.61. The molecule has 78 valence electrons. The van der Waals surface area contributed by atoms with Crippen LogP contribution in [0.15, 0.2) is 23.5 Å². The number of H-pyrrole nitrogens is 1. The molecule has 2 heterocycles. The summed E-state index contributed by atoms with van der Waals surface area (Å²) < 4.78 is 0. The lowest BCUT2D eigenvalue weighted by atomic mass is 9.92. The molecule has 0 bridgehead atoms. The molecule has 2 radical (unpaired) electrons. The van der Waals surface area contributed by atoms with Crippen molar-refractivity contribution >= 4 is 36.0 Å². The molecule has 6 heteroatoms. The molecule has 0 spiro atoms. The Hall–Kier alpha value is -1.98. The fourth-order valence-electron chi connectivity index (χ4n) is 1.75. The molecular weight excluding hydrogens is 201 g/mol. The van der Waals surface area contributed by atoms with E-state index in [4.69, 9.17) is 7.85 Å². The Morgan fingerprint density at radius 3 is 3.12 bits per heavy atom. The molecule has 0 amide bonds. The van der Waals surface area contributed by atoms with Crippen LogP contribution in [0.5, 0.6) is 0 Å². The lowest BCUT2D eigenvalue weighted by molar-refractivity contribution is 0.959. The van der Waals surface area contributed by atoms with Gasteiger partial charge in [0.2, 0.25) is 0 Å². The van der Waals surface area contributed by atoms with E-state index in [-0.39, 0.29) is 0 Å². The largest absolute Gasteiger partial charge is 0.354 e. The lowest BCUT2D eigenvalue weighted by Crippen LogP contribution is -2.28. The summed E-state index contributed by atoms with van der Waals surface area (Å²) in [5.41, 5.74) is 3.18. The number of hydrogen-bond donors (Lipinski definition) is 3. The van der Waals surface area contributed by atoms with Crippen molar-refractivity contribution < 1.29 is 0 Å². The highest BCUT2D eigenvalue weighted by Crippen LogP contribution is 2.12. The number of aliphatic imine (C=N–C) groups is 1. The smallest absolute Gasteiger partial charge is 0.195 e. The molecule has 16 heavy (non-hydrogen) atoms. The van der Waals surface area contributed by atoms with E-state index < -0.39 is 0 Å². The summed E-state index contributed by atoms with van der Waals surface area (Å²) in [7, 11) is 6.01. The lowest BCUT2D eigenvalue weighted by Gasteiger charge is -2.10. The maximum absolute atomic E-state index is 6.01. The zero-order chi connectivity index (χ0) is 11.0. The van der Waals surface area contributed by atoms with Gasteiger partial charge in [0.1, 0.15) is 7.85 Å². The highest BCUT2D eigenvalue weighted by molar-refractivity contribution is 6.42. The topological polar surface area (TPSA) is 65.1 Å². The Kier molecular flexibility index (Phi) is 2.06. The van der Waals surface area contributed by atoms with E-state index in [2.05, 4.69) is 25.6 Å². The zero-order valence-corrected chi connectivity index (χ0v) is 8.62. The van der Waals surface area contributed by atoms with Crippen LogP contribution < -0.4 is 16.1 Å². The van der Waals surface area contributed by atoms with Gasteiger partial charge in [-0.25, -0.2) is 4.98 Å². The molecule has 5 nitrogen and oxygen atoms in total. The predicted octanol–water partition coefficient (Wildman–Crippen LogP) is -0.272. The van der Waals surface area contributed by atoms with Crippen molar-refractivity contribution in [1.82, 2.24) is 15.3 Å².